The average Bonchev–Trinajstić information content (AvgIpc) is 3.54. The van der Waals surface area contributed by atoms with Crippen LogP contribution in [-0.2, 0) is 14.4 Å². The Morgan fingerprint density at radius 1 is 1.12 bits per heavy atom. The molecule has 2 aromatic heterocycles. The molecule has 4 heterocycles. The Balaban J connectivity index is 0.000000302. The van der Waals surface area contributed by atoms with Gasteiger partial charge in [-0.25, -0.2) is 14.5 Å². The maximum atomic E-state index is 13.5. The summed E-state index contributed by atoms with van der Waals surface area (Å²) in [5.41, 5.74) is -1.77. The Morgan fingerprint density at radius 3 is 2.22 bits per heavy atom. The number of aromatic nitrogens is 3. The smallest absolute Gasteiger partial charge is 0.410 e. The number of hydrogen-bond acceptors (Lipinski definition) is 9. The van der Waals surface area contributed by atoms with Crippen molar-refractivity contribution in [3.05, 3.63) is 29.1 Å². The molecule has 1 amide bonds. The molecule has 1 unspecified atom stereocenters. The van der Waals surface area contributed by atoms with Crippen LogP contribution in [0.25, 0.3) is 0 Å². The van der Waals surface area contributed by atoms with Gasteiger partial charge in [-0.15, -0.1) is 0 Å². The fourth-order valence-electron chi connectivity index (χ4n) is 4.83. The number of rotatable bonds is 7. The topological polar surface area (TPSA) is 208 Å². The highest BCUT2D eigenvalue weighted by Crippen LogP contribution is 2.41. The van der Waals surface area contributed by atoms with Gasteiger partial charge in [0.05, 0.1) is 30.3 Å². The highest BCUT2D eigenvalue weighted by atomic mass is 19.4. The number of carboxylic acids is 3. The minimum absolute atomic E-state index is 0.0819. The second kappa shape index (κ2) is 11.8. The van der Waals surface area contributed by atoms with Crippen LogP contribution in [0, 0.1) is 13.8 Å². The van der Waals surface area contributed by atoms with E-state index < -0.39 is 48.6 Å². The van der Waals surface area contributed by atoms with Crippen LogP contribution in [0.2, 0.25) is 0 Å². The zero-order valence-electron chi connectivity index (χ0n) is 22.3. The molecule has 0 aromatic carbocycles. The summed E-state index contributed by atoms with van der Waals surface area (Å²) in [7, 11) is 0. The van der Waals surface area contributed by atoms with Gasteiger partial charge in [0.1, 0.15) is 5.82 Å². The Hall–Kier alpha value is -4.15. The predicted molar refractivity (Wildman–Crippen MR) is 131 cm³/mol. The van der Waals surface area contributed by atoms with E-state index in [-0.39, 0.29) is 30.2 Å². The predicted octanol–water partition coefficient (Wildman–Crippen LogP) is 2.52. The molecule has 0 radical (unpaired) electrons. The maximum Gasteiger partial charge on any atom is 0.410 e. The quantitative estimate of drug-likeness (QED) is 0.316. The molecule has 14 nitrogen and oxygen atoms in total. The number of oxazole rings is 1. The molecule has 226 valence electrons. The van der Waals surface area contributed by atoms with Gasteiger partial charge in [-0.3, -0.25) is 14.4 Å². The summed E-state index contributed by atoms with van der Waals surface area (Å²) in [6, 6.07) is -0.744. The first-order chi connectivity index (χ1) is 18.9. The lowest BCUT2D eigenvalue weighted by Gasteiger charge is -2.31. The molecule has 1 fully saturated rings. The van der Waals surface area contributed by atoms with Crippen LogP contribution in [0.15, 0.2) is 10.5 Å². The lowest BCUT2D eigenvalue weighted by Crippen LogP contribution is -2.42. The van der Waals surface area contributed by atoms with Gasteiger partial charge in [-0.1, -0.05) is 0 Å². The molecule has 0 aliphatic carbocycles. The van der Waals surface area contributed by atoms with Crippen LogP contribution in [0.4, 0.5) is 19.0 Å². The van der Waals surface area contributed by atoms with E-state index in [2.05, 4.69) is 15.4 Å². The summed E-state index contributed by atoms with van der Waals surface area (Å²) in [5.74, 6) is -4.41. The minimum atomic E-state index is -4.38. The number of alkyl halides is 3. The van der Waals surface area contributed by atoms with E-state index in [0.29, 0.717) is 36.1 Å². The normalized spacial score (nSPS) is 20.5. The van der Waals surface area contributed by atoms with Crippen molar-refractivity contribution in [1.82, 2.24) is 19.7 Å². The average molecular weight is 590 g/mol. The van der Waals surface area contributed by atoms with Crippen molar-refractivity contribution in [3.8, 4) is 0 Å². The van der Waals surface area contributed by atoms with Crippen LogP contribution >= 0.6 is 0 Å². The number of amides is 1. The number of aryl methyl sites for hydroxylation is 2. The Labute approximate surface area is 230 Å². The maximum absolute atomic E-state index is 13.5. The van der Waals surface area contributed by atoms with E-state index in [1.807, 2.05) is 0 Å². The fraction of sp³-hybridized carbons (Fsp3) is 0.583. The van der Waals surface area contributed by atoms with Crippen molar-refractivity contribution in [1.29, 1.82) is 0 Å². The molecule has 0 spiro atoms. The molecule has 3 atom stereocenters. The van der Waals surface area contributed by atoms with Crippen molar-refractivity contribution < 1.29 is 57.2 Å². The van der Waals surface area contributed by atoms with Gasteiger partial charge in [0.25, 0.3) is 5.91 Å². The van der Waals surface area contributed by atoms with Crippen molar-refractivity contribution in [2.24, 2.45) is 0 Å². The zero-order chi connectivity index (χ0) is 30.9. The van der Waals surface area contributed by atoms with Crippen molar-refractivity contribution in [2.75, 3.05) is 11.9 Å². The van der Waals surface area contributed by atoms with E-state index in [9.17, 15) is 32.3 Å². The third kappa shape index (κ3) is 7.14. The van der Waals surface area contributed by atoms with E-state index in [1.165, 1.54) is 0 Å². The Bertz CT molecular complexity index is 1310. The van der Waals surface area contributed by atoms with Crippen LogP contribution in [-0.4, -0.2) is 88.3 Å². The lowest BCUT2D eigenvalue weighted by atomic mass is 9.96. The number of nitrogens with zero attached hydrogens (tertiary/aromatic N) is 4. The monoisotopic (exact) mass is 589 g/mol. The van der Waals surface area contributed by atoms with Crippen LogP contribution in [0.5, 0.6) is 0 Å². The Kier molecular flexibility index (Phi) is 9.00. The number of hydrogen-bond donors (Lipinski definition) is 5. The third-order valence-corrected chi connectivity index (χ3v) is 6.64. The third-order valence-electron chi connectivity index (χ3n) is 6.64. The first-order valence-corrected chi connectivity index (χ1v) is 12.5. The summed E-state index contributed by atoms with van der Waals surface area (Å²) in [4.78, 5) is 49.2. The van der Waals surface area contributed by atoms with Crippen LogP contribution in [0.3, 0.4) is 0 Å². The molecule has 17 heteroatoms. The Morgan fingerprint density at radius 2 is 1.73 bits per heavy atom. The van der Waals surface area contributed by atoms with Crippen molar-refractivity contribution in [2.45, 2.75) is 82.8 Å². The molecule has 2 aliphatic rings. The zero-order valence-corrected chi connectivity index (χ0v) is 22.3. The molecular weight excluding hydrogens is 559 g/mol. The van der Waals surface area contributed by atoms with Crippen LogP contribution in [0.1, 0.15) is 78.9 Å². The summed E-state index contributed by atoms with van der Waals surface area (Å²) in [5, 5.41) is 41.1. The number of fused-ring (bicyclic) bond motifs is 1. The van der Waals surface area contributed by atoms with Gasteiger partial charge in [-0.05, 0) is 33.1 Å². The number of halogens is 3. The first-order valence-electron chi connectivity index (χ1n) is 12.5. The summed E-state index contributed by atoms with van der Waals surface area (Å²) in [6.45, 7) is 5.58. The van der Waals surface area contributed by atoms with E-state index in [4.69, 9.17) is 24.8 Å². The molecule has 2 aromatic rings. The molecule has 41 heavy (non-hydrogen) atoms. The largest absolute Gasteiger partial charge is 0.481 e. The highest BCUT2D eigenvalue weighted by molar-refractivity contribution is 5.93. The van der Waals surface area contributed by atoms with E-state index >= 15 is 0 Å². The van der Waals surface area contributed by atoms with Gasteiger partial charge in [-0.2, -0.15) is 18.3 Å². The fourth-order valence-corrected chi connectivity index (χ4v) is 4.83. The standard InChI is InChI=1S/C18H22F3N5O2.C6H8O7/c1-9-7-14(18(19,20)21)26-15(22-9)8-12(24-26)13-5-4-6-25(13)17(27)16-10(2)23-11(3)28-16;7-3(8)1-6(13,5(11)12)2-4(9)10/h8-9,13-14,22H,4-7H2,1-3H3;13H,1-2H2,(H,7,8)(H,9,10)(H,11,12)/t9-,13?,14-;/m1./s1. The number of carboxylic acid groups (broad SMARTS) is 3. The van der Waals surface area contributed by atoms with Crippen molar-refractivity contribution in [3.63, 3.8) is 0 Å². The van der Waals surface area contributed by atoms with Gasteiger partial charge >= 0.3 is 24.1 Å². The number of carbonyl (C=O) groups is 4. The molecule has 0 saturated carbocycles. The second-order valence-corrected chi connectivity index (χ2v) is 10.0. The number of aliphatic hydroxyl groups is 1. The lowest BCUT2D eigenvalue weighted by molar-refractivity contribution is -0.173. The SMILES string of the molecule is Cc1nc(C)c(C(=O)N2CCCC2c2cc3n(n2)[C@@H](C(F)(F)F)C[C@@H](C)N3)o1.O=C(O)CC(O)(CC(=O)O)C(=O)O. The van der Waals surface area contributed by atoms with Gasteiger partial charge in [0.2, 0.25) is 5.76 Å². The molecule has 1 saturated heterocycles. The van der Waals surface area contributed by atoms with E-state index in [0.717, 1.165) is 11.1 Å². The summed E-state index contributed by atoms with van der Waals surface area (Å²) < 4.78 is 46.9. The molecule has 2 aliphatic heterocycles. The first kappa shape index (κ1) is 31.4. The summed E-state index contributed by atoms with van der Waals surface area (Å²) in [6.07, 6.45) is -5.36. The van der Waals surface area contributed by atoms with Crippen molar-refractivity contribution >= 4 is 29.6 Å². The minimum Gasteiger partial charge on any atom is -0.481 e. The van der Waals surface area contributed by atoms with Crippen LogP contribution < -0.4 is 5.32 Å². The molecular formula is C24H30F3N5O9. The molecule has 4 rings (SSSR count). The number of carbonyl (C=O) groups excluding carboxylic acids is 1. The van der Waals surface area contributed by atoms with Gasteiger partial charge in [0.15, 0.2) is 17.5 Å². The van der Waals surface area contributed by atoms with Gasteiger partial charge in [0, 0.05) is 25.6 Å². The second-order valence-electron chi connectivity index (χ2n) is 10.0. The highest BCUT2D eigenvalue weighted by Gasteiger charge is 2.46. The number of aliphatic carboxylic acids is 3. The molecule has 0 bridgehead atoms. The summed E-state index contributed by atoms with van der Waals surface area (Å²) >= 11 is 0. The number of nitrogens with one attached hydrogen (secondary N) is 1. The number of anilines is 1. The van der Waals surface area contributed by atoms with E-state index in [1.54, 1.807) is 31.7 Å². The number of likely N-dealkylation sites (tertiary alicyclic amines) is 1. The molecule has 5 N–H and O–H groups in total. The van der Waals surface area contributed by atoms with Gasteiger partial charge < -0.3 is 35.1 Å².